The highest BCUT2D eigenvalue weighted by atomic mass is 32.1. The molecule has 21 heavy (non-hydrogen) atoms. The zero-order valence-electron chi connectivity index (χ0n) is 11.4. The number of thiophene rings is 1. The Morgan fingerprint density at radius 1 is 1.48 bits per heavy atom. The summed E-state index contributed by atoms with van der Waals surface area (Å²) in [7, 11) is 0. The van der Waals surface area contributed by atoms with Crippen LogP contribution in [0.4, 0.5) is 0 Å². The van der Waals surface area contributed by atoms with Crippen LogP contribution in [-0.2, 0) is 0 Å². The maximum Gasteiger partial charge on any atom is 0.271 e. The third-order valence-corrected chi connectivity index (χ3v) is 4.64. The van der Waals surface area contributed by atoms with Crippen LogP contribution in [0.15, 0.2) is 34.6 Å². The lowest BCUT2D eigenvalue weighted by Crippen LogP contribution is -2.29. The lowest BCUT2D eigenvalue weighted by atomic mass is 10.2. The number of nitrogens with zero attached hydrogens (tertiary/aromatic N) is 2. The molecule has 3 aromatic rings. The smallest absolute Gasteiger partial charge is 0.271 e. The first-order chi connectivity index (χ1) is 10.3. The van der Waals surface area contributed by atoms with Gasteiger partial charge in [0.2, 0.25) is 0 Å². The molecule has 2 N–H and O–H groups in total. The average Bonchev–Trinajstić information content (AvgIpc) is 3.26. The van der Waals surface area contributed by atoms with Crippen LogP contribution in [-0.4, -0.2) is 20.9 Å². The second kappa shape index (κ2) is 6.19. The van der Waals surface area contributed by atoms with Crippen molar-refractivity contribution in [2.24, 2.45) is 0 Å². The lowest BCUT2D eigenvalue weighted by Gasteiger charge is -2.13. The number of carbonyl (C=O) groups is 1. The number of hydrogen-bond acceptors (Lipinski definition) is 5. The van der Waals surface area contributed by atoms with E-state index in [9.17, 15) is 4.79 Å². The van der Waals surface area contributed by atoms with E-state index in [4.69, 9.17) is 0 Å². The van der Waals surface area contributed by atoms with Gasteiger partial charge >= 0.3 is 0 Å². The van der Waals surface area contributed by atoms with E-state index in [0.29, 0.717) is 5.69 Å². The molecule has 3 rings (SSSR count). The van der Waals surface area contributed by atoms with Crippen molar-refractivity contribution in [3.05, 3.63) is 46.1 Å². The van der Waals surface area contributed by atoms with Crippen LogP contribution in [0, 0.1) is 0 Å². The Hall–Kier alpha value is -1.99. The highest BCUT2D eigenvalue weighted by Gasteiger charge is 2.18. The van der Waals surface area contributed by atoms with Gasteiger partial charge in [0, 0.05) is 28.7 Å². The number of carbonyl (C=O) groups excluding carboxylic acids is 1. The number of aromatic nitrogens is 3. The molecular formula is C14H14N4OS2. The van der Waals surface area contributed by atoms with Crippen LogP contribution in [0.3, 0.4) is 0 Å². The topological polar surface area (TPSA) is 70.7 Å². The van der Waals surface area contributed by atoms with E-state index in [1.807, 2.05) is 23.8 Å². The van der Waals surface area contributed by atoms with Crippen molar-refractivity contribution in [2.45, 2.75) is 19.4 Å². The van der Waals surface area contributed by atoms with Gasteiger partial charge in [0.25, 0.3) is 5.91 Å². The van der Waals surface area contributed by atoms with E-state index in [1.54, 1.807) is 29.1 Å². The maximum absolute atomic E-state index is 12.3. The molecule has 3 heterocycles. The number of imidazole rings is 1. The molecule has 0 saturated carbocycles. The Bertz CT molecular complexity index is 703. The van der Waals surface area contributed by atoms with Crippen LogP contribution in [0.5, 0.6) is 0 Å². The number of hydrogen-bond donors (Lipinski definition) is 2. The SMILES string of the molecule is CCC(NC(=O)c1csc(-c2ccsc2)n1)c1ncc[nH]1. The van der Waals surface area contributed by atoms with Gasteiger partial charge in [-0.1, -0.05) is 6.92 Å². The molecule has 7 heteroatoms. The van der Waals surface area contributed by atoms with E-state index in [-0.39, 0.29) is 11.9 Å². The molecule has 108 valence electrons. The number of H-pyrrole nitrogens is 1. The maximum atomic E-state index is 12.3. The van der Waals surface area contributed by atoms with Crippen molar-refractivity contribution in [2.75, 3.05) is 0 Å². The second-order valence-electron chi connectivity index (χ2n) is 4.46. The van der Waals surface area contributed by atoms with Gasteiger partial charge < -0.3 is 10.3 Å². The average molecular weight is 318 g/mol. The molecule has 1 unspecified atom stereocenters. The molecule has 0 aliphatic carbocycles. The monoisotopic (exact) mass is 318 g/mol. The predicted molar refractivity (Wildman–Crippen MR) is 84.5 cm³/mol. The minimum absolute atomic E-state index is 0.126. The van der Waals surface area contributed by atoms with E-state index < -0.39 is 0 Å². The van der Waals surface area contributed by atoms with Crippen molar-refractivity contribution in [1.29, 1.82) is 0 Å². The van der Waals surface area contributed by atoms with Gasteiger partial charge in [-0.2, -0.15) is 11.3 Å². The summed E-state index contributed by atoms with van der Waals surface area (Å²) in [6.45, 7) is 2.01. The number of nitrogens with one attached hydrogen (secondary N) is 2. The first-order valence-electron chi connectivity index (χ1n) is 6.56. The Morgan fingerprint density at radius 3 is 3.05 bits per heavy atom. The molecule has 3 aromatic heterocycles. The Morgan fingerprint density at radius 2 is 2.38 bits per heavy atom. The van der Waals surface area contributed by atoms with Gasteiger partial charge in [0.15, 0.2) is 0 Å². The predicted octanol–water partition coefficient (Wildman–Crippen LogP) is 3.48. The van der Waals surface area contributed by atoms with Crippen molar-refractivity contribution >= 4 is 28.6 Å². The molecule has 0 spiro atoms. The normalized spacial score (nSPS) is 12.2. The molecule has 0 saturated heterocycles. The molecular weight excluding hydrogens is 304 g/mol. The Kier molecular flexibility index (Phi) is 4.12. The molecule has 1 atom stereocenters. The quantitative estimate of drug-likeness (QED) is 0.756. The van der Waals surface area contributed by atoms with E-state index in [1.165, 1.54) is 11.3 Å². The van der Waals surface area contributed by atoms with Gasteiger partial charge in [-0.3, -0.25) is 4.79 Å². The fourth-order valence-electron chi connectivity index (χ4n) is 1.96. The molecule has 1 amide bonds. The van der Waals surface area contributed by atoms with Crippen LogP contribution in [0.1, 0.15) is 35.7 Å². The zero-order chi connectivity index (χ0) is 14.7. The Balaban J connectivity index is 1.73. The summed E-state index contributed by atoms with van der Waals surface area (Å²) in [6, 6.07) is 1.88. The molecule has 0 aliphatic rings. The number of thiazole rings is 1. The fraction of sp³-hybridized carbons (Fsp3) is 0.214. The van der Waals surface area contributed by atoms with Crippen molar-refractivity contribution in [3.8, 4) is 10.6 Å². The van der Waals surface area contributed by atoms with Crippen LogP contribution in [0.2, 0.25) is 0 Å². The molecule has 0 fully saturated rings. The number of rotatable bonds is 5. The minimum Gasteiger partial charge on any atom is -0.347 e. The van der Waals surface area contributed by atoms with Crippen LogP contribution in [0.25, 0.3) is 10.6 Å². The first kappa shape index (κ1) is 14.0. The van der Waals surface area contributed by atoms with Gasteiger partial charge in [-0.05, 0) is 17.9 Å². The molecule has 0 aliphatic heterocycles. The molecule has 5 nitrogen and oxygen atoms in total. The summed E-state index contributed by atoms with van der Waals surface area (Å²) in [4.78, 5) is 23.9. The van der Waals surface area contributed by atoms with E-state index >= 15 is 0 Å². The largest absolute Gasteiger partial charge is 0.347 e. The van der Waals surface area contributed by atoms with Crippen molar-refractivity contribution in [1.82, 2.24) is 20.3 Å². The highest BCUT2D eigenvalue weighted by molar-refractivity contribution is 7.14. The lowest BCUT2D eigenvalue weighted by molar-refractivity contribution is 0.0929. The third kappa shape index (κ3) is 3.03. The van der Waals surface area contributed by atoms with Crippen LogP contribution >= 0.6 is 22.7 Å². The second-order valence-corrected chi connectivity index (χ2v) is 6.10. The van der Waals surface area contributed by atoms with Gasteiger partial charge in [0.1, 0.15) is 16.5 Å². The summed E-state index contributed by atoms with van der Waals surface area (Å²) < 4.78 is 0. The number of aromatic amines is 1. The van der Waals surface area contributed by atoms with E-state index in [2.05, 4.69) is 20.3 Å². The third-order valence-electron chi connectivity index (χ3n) is 3.07. The summed E-state index contributed by atoms with van der Waals surface area (Å²) in [5.41, 5.74) is 1.51. The number of amides is 1. The standard InChI is InChI=1S/C14H14N4OS2/c1-2-10(12-15-4-5-16-12)17-13(19)11-8-21-14(18-11)9-3-6-20-7-9/h3-8,10H,2H2,1H3,(H,15,16)(H,17,19). The fourth-order valence-corrected chi connectivity index (χ4v) is 3.47. The molecule has 0 aromatic carbocycles. The van der Waals surface area contributed by atoms with Crippen molar-refractivity contribution < 1.29 is 4.79 Å². The zero-order valence-corrected chi connectivity index (χ0v) is 13.0. The molecule has 0 radical (unpaired) electrons. The summed E-state index contributed by atoms with van der Waals surface area (Å²) in [5.74, 6) is 0.593. The van der Waals surface area contributed by atoms with Crippen molar-refractivity contribution in [3.63, 3.8) is 0 Å². The minimum atomic E-state index is -0.170. The van der Waals surface area contributed by atoms with Gasteiger partial charge in [-0.15, -0.1) is 11.3 Å². The Labute approximate surface area is 130 Å². The highest BCUT2D eigenvalue weighted by Crippen LogP contribution is 2.26. The summed E-state index contributed by atoms with van der Waals surface area (Å²) in [6.07, 6.45) is 4.20. The summed E-state index contributed by atoms with van der Waals surface area (Å²) in [5, 5.41) is 9.64. The first-order valence-corrected chi connectivity index (χ1v) is 8.38. The molecule has 0 bridgehead atoms. The van der Waals surface area contributed by atoms with E-state index in [0.717, 1.165) is 22.8 Å². The summed E-state index contributed by atoms with van der Waals surface area (Å²) >= 11 is 3.10. The van der Waals surface area contributed by atoms with Gasteiger partial charge in [0.05, 0.1) is 6.04 Å². The van der Waals surface area contributed by atoms with Crippen LogP contribution < -0.4 is 5.32 Å². The van der Waals surface area contributed by atoms with Gasteiger partial charge in [-0.25, -0.2) is 9.97 Å².